The van der Waals surface area contributed by atoms with Crippen molar-refractivity contribution in [1.29, 1.82) is 0 Å². The lowest BCUT2D eigenvalue weighted by atomic mass is 10.0. The molecule has 3 aliphatic heterocycles. The standard InChI is InChI=1S/C25H46O4/c1-2-3-4-5-6-7-8-9-10-11-12-13-14-20(26)21-15-16-22(28-21)23-17-18-24(29-23)25-19-27-25/h20-26H,2-19H2,1H3/t20-,21-,22-,23-,24-,25+/m1/s1. The van der Waals surface area contributed by atoms with Gasteiger partial charge in [0.15, 0.2) is 0 Å². The van der Waals surface area contributed by atoms with Gasteiger partial charge in [-0.15, -0.1) is 0 Å². The third-order valence-electron chi connectivity index (χ3n) is 7.14. The van der Waals surface area contributed by atoms with E-state index in [-0.39, 0.29) is 30.5 Å². The van der Waals surface area contributed by atoms with Gasteiger partial charge in [-0.3, -0.25) is 0 Å². The maximum absolute atomic E-state index is 10.5. The van der Waals surface area contributed by atoms with Crippen LogP contribution in [-0.2, 0) is 14.2 Å². The summed E-state index contributed by atoms with van der Waals surface area (Å²) in [6.45, 7) is 3.14. The Kier molecular flexibility index (Phi) is 10.8. The van der Waals surface area contributed by atoms with Crippen molar-refractivity contribution in [1.82, 2.24) is 0 Å². The second kappa shape index (κ2) is 13.3. The highest BCUT2D eigenvalue weighted by molar-refractivity contribution is 4.91. The van der Waals surface area contributed by atoms with Gasteiger partial charge >= 0.3 is 0 Å². The zero-order valence-corrected chi connectivity index (χ0v) is 18.9. The van der Waals surface area contributed by atoms with Crippen molar-refractivity contribution in [3.05, 3.63) is 0 Å². The van der Waals surface area contributed by atoms with E-state index in [0.717, 1.165) is 45.1 Å². The summed E-state index contributed by atoms with van der Waals surface area (Å²) in [6, 6.07) is 0. The first-order valence-corrected chi connectivity index (χ1v) is 12.9. The largest absolute Gasteiger partial charge is 0.390 e. The van der Waals surface area contributed by atoms with E-state index < -0.39 is 0 Å². The van der Waals surface area contributed by atoms with Gasteiger partial charge in [0.05, 0.1) is 37.1 Å². The Bertz CT molecular complexity index is 425. The normalized spacial score (nSPS) is 32.7. The molecule has 0 aliphatic carbocycles. The van der Waals surface area contributed by atoms with Crippen LogP contribution < -0.4 is 0 Å². The fraction of sp³-hybridized carbons (Fsp3) is 1.00. The third-order valence-corrected chi connectivity index (χ3v) is 7.14. The summed E-state index contributed by atoms with van der Waals surface area (Å²) < 4.78 is 17.7. The summed E-state index contributed by atoms with van der Waals surface area (Å²) in [4.78, 5) is 0. The number of unbranched alkanes of at least 4 members (excludes halogenated alkanes) is 11. The molecule has 3 aliphatic rings. The summed E-state index contributed by atoms with van der Waals surface area (Å²) in [6.07, 6.45) is 22.1. The van der Waals surface area contributed by atoms with Crippen molar-refractivity contribution in [3.8, 4) is 0 Å². The van der Waals surface area contributed by atoms with Crippen LogP contribution in [0.5, 0.6) is 0 Å². The van der Waals surface area contributed by atoms with Crippen molar-refractivity contribution in [2.75, 3.05) is 6.61 Å². The fourth-order valence-electron chi connectivity index (χ4n) is 5.13. The van der Waals surface area contributed by atoms with E-state index >= 15 is 0 Å². The number of rotatable bonds is 16. The molecular weight excluding hydrogens is 364 g/mol. The highest BCUT2D eigenvalue weighted by atomic mass is 16.6. The van der Waals surface area contributed by atoms with Crippen LogP contribution in [0.25, 0.3) is 0 Å². The molecule has 0 bridgehead atoms. The second-order valence-corrected chi connectivity index (χ2v) is 9.70. The number of aliphatic hydroxyl groups excluding tert-OH is 1. The predicted octanol–water partition coefficient (Wildman–Crippen LogP) is 5.93. The van der Waals surface area contributed by atoms with Gasteiger partial charge in [-0.1, -0.05) is 84.0 Å². The number of hydrogen-bond acceptors (Lipinski definition) is 4. The first kappa shape index (κ1) is 23.5. The third kappa shape index (κ3) is 8.47. The molecule has 3 fully saturated rings. The highest BCUT2D eigenvalue weighted by Crippen LogP contribution is 2.36. The fourth-order valence-corrected chi connectivity index (χ4v) is 5.13. The van der Waals surface area contributed by atoms with E-state index in [0.29, 0.717) is 6.10 Å². The molecule has 0 radical (unpaired) electrons. The minimum absolute atomic E-state index is 0.0209. The van der Waals surface area contributed by atoms with Gasteiger partial charge in [-0.2, -0.15) is 0 Å². The average Bonchev–Trinajstić information content (AvgIpc) is 3.26. The maximum Gasteiger partial charge on any atom is 0.107 e. The molecule has 170 valence electrons. The van der Waals surface area contributed by atoms with Crippen LogP contribution >= 0.6 is 0 Å². The molecule has 0 spiro atoms. The zero-order valence-electron chi connectivity index (χ0n) is 18.9. The number of epoxide rings is 1. The van der Waals surface area contributed by atoms with Crippen molar-refractivity contribution in [2.24, 2.45) is 0 Å². The maximum atomic E-state index is 10.5. The first-order chi connectivity index (χ1) is 14.3. The average molecular weight is 411 g/mol. The molecule has 0 amide bonds. The van der Waals surface area contributed by atoms with Gasteiger partial charge in [-0.05, 0) is 32.1 Å². The van der Waals surface area contributed by atoms with Crippen molar-refractivity contribution >= 4 is 0 Å². The van der Waals surface area contributed by atoms with Gasteiger partial charge in [-0.25, -0.2) is 0 Å². The van der Waals surface area contributed by atoms with Crippen molar-refractivity contribution in [2.45, 2.75) is 153 Å². The van der Waals surface area contributed by atoms with Gasteiger partial charge in [0.25, 0.3) is 0 Å². The Morgan fingerprint density at radius 1 is 0.655 bits per heavy atom. The van der Waals surface area contributed by atoms with Gasteiger partial charge in [0.1, 0.15) is 6.10 Å². The topological polar surface area (TPSA) is 51.2 Å². The lowest BCUT2D eigenvalue weighted by Crippen LogP contribution is -2.31. The summed E-state index contributed by atoms with van der Waals surface area (Å²) >= 11 is 0. The van der Waals surface area contributed by atoms with Crippen molar-refractivity contribution < 1.29 is 19.3 Å². The van der Waals surface area contributed by atoms with E-state index in [1.54, 1.807) is 0 Å². The van der Waals surface area contributed by atoms with Crippen molar-refractivity contribution in [3.63, 3.8) is 0 Å². The molecule has 0 saturated carbocycles. The molecule has 0 aromatic heterocycles. The van der Waals surface area contributed by atoms with Gasteiger partial charge < -0.3 is 19.3 Å². The lowest BCUT2D eigenvalue weighted by Gasteiger charge is -2.22. The molecule has 0 unspecified atom stereocenters. The quantitative estimate of drug-likeness (QED) is 0.253. The van der Waals surface area contributed by atoms with Crippen LogP contribution in [0.3, 0.4) is 0 Å². The number of hydrogen-bond donors (Lipinski definition) is 1. The summed E-state index contributed by atoms with van der Waals surface area (Å²) in [5.41, 5.74) is 0. The Morgan fingerprint density at radius 2 is 1.14 bits per heavy atom. The molecule has 6 atom stereocenters. The molecule has 3 saturated heterocycles. The summed E-state index contributed by atoms with van der Waals surface area (Å²) in [5, 5.41) is 10.5. The van der Waals surface area contributed by atoms with Crippen LogP contribution in [0, 0.1) is 0 Å². The van der Waals surface area contributed by atoms with Crippen LogP contribution in [0.4, 0.5) is 0 Å². The second-order valence-electron chi connectivity index (χ2n) is 9.70. The molecule has 0 aromatic carbocycles. The van der Waals surface area contributed by atoms with Crippen LogP contribution in [0.15, 0.2) is 0 Å². The van der Waals surface area contributed by atoms with Gasteiger partial charge in [0.2, 0.25) is 0 Å². The number of ether oxygens (including phenoxy) is 3. The van der Waals surface area contributed by atoms with Crippen LogP contribution in [0.1, 0.15) is 116 Å². The number of aliphatic hydroxyl groups is 1. The van der Waals surface area contributed by atoms with E-state index in [2.05, 4.69) is 6.92 Å². The Hall–Kier alpha value is -0.160. The minimum atomic E-state index is -0.299. The van der Waals surface area contributed by atoms with E-state index in [4.69, 9.17) is 14.2 Å². The van der Waals surface area contributed by atoms with E-state index in [1.807, 2.05) is 0 Å². The SMILES string of the molecule is CCCCCCCCCCCCCC[C@@H](O)[C@H]1CC[C@H]([C@H]2CC[C@H]([C@@H]3CO3)O2)O1. The molecule has 4 heteroatoms. The smallest absolute Gasteiger partial charge is 0.107 e. The monoisotopic (exact) mass is 410 g/mol. The minimum Gasteiger partial charge on any atom is -0.390 e. The molecule has 3 heterocycles. The van der Waals surface area contributed by atoms with E-state index in [1.165, 1.54) is 70.6 Å². The molecule has 0 aromatic rings. The molecule has 29 heavy (non-hydrogen) atoms. The van der Waals surface area contributed by atoms with Crippen LogP contribution in [-0.4, -0.2) is 48.3 Å². The molecular formula is C25H46O4. The first-order valence-electron chi connectivity index (χ1n) is 12.9. The van der Waals surface area contributed by atoms with E-state index in [9.17, 15) is 5.11 Å². The highest BCUT2D eigenvalue weighted by Gasteiger charge is 2.44. The van der Waals surface area contributed by atoms with Gasteiger partial charge in [0, 0.05) is 0 Å². The molecule has 3 rings (SSSR count). The molecule has 1 N–H and O–H groups in total. The Labute approximate surface area is 179 Å². The zero-order chi connectivity index (χ0) is 20.3. The molecule has 4 nitrogen and oxygen atoms in total. The lowest BCUT2D eigenvalue weighted by molar-refractivity contribution is -0.0955. The summed E-state index contributed by atoms with van der Waals surface area (Å²) in [7, 11) is 0. The predicted molar refractivity (Wildman–Crippen MR) is 117 cm³/mol. The Balaban J connectivity index is 1.13. The Morgan fingerprint density at radius 3 is 1.72 bits per heavy atom. The summed E-state index contributed by atoms with van der Waals surface area (Å²) in [5.74, 6) is 0. The van der Waals surface area contributed by atoms with Crippen LogP contribution in [0.2, 0.25) is 0 Å².